The molecule has 1 aromatic carbocycles. The predicted octanol–water partition coefficient (Wildman–Crippen LogP) is 3.20. The number of allylic oxidation sites excluding steroid dienone is 1. The lowest BCUT2D eigenvalue weighted by Crippen LogP contribution is -2.41. The second-order valence-electron chi connectivity index (χ2n) is 8.15. The molecule has 6 nitrogen and oxygen atoms in total. The van der Waals surface area contributed by atoms with E-state index in [0.717, 1.165) is 30.4 Å². The van der Waals surface area contributed by atoms with Gasteiger partial charge in [-0.1, -0.05) is 44.1 Å². The summed E-state index contributed by atoms with van der Waals surface area (Å²) in [5, 5.41) is 2.76. The largest absolute Gasteiger partial charge is 0.467 e. The SMILES string of the molecule is C=C1CC2COC(=O)C2(Cc2ccc(C(=O)N[C@@H](CCCC)C(=O)OC)cc2)C1. The first kappa shape index (κ1) is 21.1. The number of fused-ring (bicyclic) bond motifs is 1. The molecule has 1 aliphatic carbocycles. The Morgan fingerprint density at radius 3 is 2.72 bits per heavy atom. The molecule has 1 aromatic rings. The molecule has 0 spiro atoms. The van der Waals surface area contributed by atoms with Gasteiger partial charge in [-0.05, 0) is 43.4 Å². The minimum atomic E-state index is -0.649. The average Bonchev–Trinajstić information content (AvgIpc) is 3.18. The van der Waals surface area contributed by atoms with E-state index < -0.39 is 17.4 Å². The molecule has 2 unspecified atom stereocenters. The molecule has 1 aliphatic heterocycles. The van der Waals surface area contributed by atoms with E-state index in [9.17, 15) is 14.4 Å². The standard InChI is InChI=1S/C23H29NO5/c1-4-5-6-19(21(26)28-3)24-20(25)17-9-7-16(8-10-17)13-23-12-15(2)11-18(23)14-29-22(23)27/h7-10,18-19H,2,4-6,11-14H2,1,3H3,(H,24,25)/t18?,19-,23?/m0/s1. The van der Waals surface area contributed by atoms with Crippen LogP contribution in [-0.4, -0.2) is 37.6 Å². The molecular weight excluding hydrogens is 370 g/mol. The van der Waals surface area contributed by atoms with Crippen LogP contribution < -0.4 is 5.32 Å². The van der Waals surface area contributed by atoms with Gasteiger partial charge in [0.15, 0.2) is 0 Å². The molecule has 3 atom stereocenters. The van der Waals surface area contributed by atoms with Crippen molar-refractivity contribution in [2.45, 2.75) is 51.5 Å². The number of ether oxygens (including phenoxy) is 2. The Hall–Kier alpha value is -2.63. The van der Waals surface area contributed by atoms with Crippen molar-refractivity contribution in [2.24, 2.45) is 11.3 Å². The molecule has 0 bridgehead atoms. The van der Waals surface area contributed by atoms with Crippen molar-refractivity contribution in [2.75, 3.05) is 13.7 Å². The zero-order chi connectivity index (χ0) is 21.0. The van der Waals surface area contributed by atoms with Crippen molar-refractivity contribution in [3.05, 3.63) is 47.5 Å². The molecule has 3 rings (SSSR count). The number of unbranched alkanes of at least 4 members (excludes halogenated alkanes) is 1. The van der Waals surface area contributed by atoms with Crippen LogP contribution in [0.4, 0.5) is 0 Å². The first-order valence-corrected chi connectivity index (χ1v) is 10.2. The predicted molar refractivity (Wildman–Crippen MR) is 108 cm³/mol. The highest BCUT2D eigenvalue weighted by atomic mass is 16.5. The van der Waals surface area contributed by atoms with Crippen LogP contribution >= 0.6 is 0 Å². The van der Waals surface area contributed by atoms with Crippen molar-refractivity contribution in [3.8, 4) is 0 Å². The maximum atomic E-state index is 12.6. The summed E-state index contributed by atoms with van der Waals surface area (Å²) in [5.41, 5.74) is 2.04. The van der Waals surface area contributed by atoms with Gasteiger partial charge < -0.3 is 14.8 Å². The van der Waals surface area contributed by atoms with E-state index in [1.807, 2.05) is 19.1 Å². The van der Waals surface area contributed by atoms with Crippen LogP contribution in [0, 0.1) is 11.3 Å². The van der Waals surface area contributed by atoms with E-state index in [-0.39, 0.29) is 17.8 Å². The molecule has 156 valence electrons. The van der Waals surface area contributed by atoms with Gasteiger partial charge in [0.1, 0.15) is 6.04 Å². The van der Waals surface area contributed by atoms with Crippen molar-refractivity contribution >= 4 is 17.8 Å². The van der Waals surface area contributed by atoms with Gasteiger partial charge in [-0.2, -0.15) is 0 Å². The highest BCUT2D eigenvalue weighted by Gasteiger charge is 2.55. The summed E-state index contributed by atoms with van der Waals surface area (Å²) >= 11 is 0. The molecule has 0 aromatic heterocycles. The number of cyclic esters (lactones) is 1. The molecule has 2 fully saturated rings. The van der Waals surface area contributed by atoms with E-state index >= 15 is 0 Å². The summed E-state index contributed by atoms with van der Waals surface area (Å²) in [6.07, 6.45) is 4.37. The first-order chi connectivity index (χ1) is 13.9. The third kappa shape index (κ3) is 4.36. The third-order valence-corrected chi connectivity index (χ3v) is 6.08. The van der Waals surface area contributed by atoms with Gasteiger partial charge in [0.05, 0.1) is 19.1 Å². The fraction of sp³-hybridized carbons (Fsp3) is 0.522. The lowest BCUT2D eigenvalue weighted by Gasteiger charge is -2.24. The molecule has 1 amide bonds. The van der Waals surface area contributed by atoms with Crippen molar-refractivity contribution in [1.29, 1.82) is 0 Å². The van der Waals surface area contributed by atoms with E-state index in [4.69, 9.17) is 9.47 Å². The van der Waals surface area contributed by atoms with Gasteiger partial charge in [0.25, 0.3) is 5.91 Å². The van der Waals surface area contributed by atoms with E-state index in [1.54, 1.807) is 12.1 Å². The molecule has 0 radical (unpaired) electrons. The third-order valence-electron chi connectivity index (χ3n) is 6.08. The average molecular weight is 399 g/mol. The molecule has 29 heavy (non-hydrogen) atoms. The Bertz CT molecular complexity index is 800. The first-order valence-electron chi connectivity index (χ1n) is 10.2. The minimum absolute atomic E-state index is 0.139. The van der Waals surface area contributed by atoms with Gasteiger partial charge in [-0.25, -0.2) is 4.79 Å². The number of carbonyl (C=O) groups is 3. The molecule has 1 heterocycles. The molecule has 1 saturated carbocycles. The summed E-state index contributed by atoms with van der Waals surface area (Å²) in [6, 6.07) is 6.55. The van der Waals surface area contributed by atoms with Gasteiger partial charge >= 0.3 is 11.9 Å². The number of methoxy groups -OCH3 is 1. The number of rotatable bonds is 8. The fourth-order valence-electron chi connectivity index (χ4n) is 4.44. The zero-order valence-electron chi connectivity index (χ0n) is 17.2. The second kappa shape index (κ2) is 8.80. The number of benzene rings is 1. The van der Waals surface area contributed by atoms with Crippen LogP contribution in [0.3, 0.4) is 0 Å². The number of esters is 2. The van der Waals surface area contributed by atoms with Crippen molar-refractivity contribution in [1.82, 2.24) is 5.32 Å². The van der Waals surface area contributed by atoms with E-state index in [1.165, 1.54) is 7.11 Å². The lowest BCUT2D eigenvalue weighted by molar-refractivity contribution is -0.146. The highest BCUT2D eigenvalue weighted by Crippen LogP contribution is 2.52. The fourth-order valence-corrected chi connectivity index (χ4v) is 4.44. The molecule has 6 heteroatoms. The maximum Gasteiger partial charge on any atom is 0.328 e. The van der Waals surface area contributed by atoms with Crippen LogP contribution in [0.15, 0.2) is 36.4 Å². The second-order valence-corrected chi connectivity index (χ2v) is 8.15. The summed E-state index contributed by atoms with van der Waals surface area (Å²) in [6.45, 7) is 6.56. The van der Waals surface area contributed by atoms with E-state index in [2.05, 4.69) is 11.9 Å². The zero-order valence-corrected chi connectivity index (χ0v) is 17.2. The summed E-state index contributed by atoms with van der Waals surface area (Å²) < 4.78 is 10.1. The Balaban J connectivity index is 1.68. The summed E-state index contributed by atoms with van der Waals surface area (Å²) in [5.74, 6) is -0.701. The number of nitrogens with one attached hydrogen (secondary N) is 1. The number of hydrogen-bond acceptors (Lipinski definition) is 5. The van der Waals surface area contributed by atoms with Crippen LogP contribution in [0.1, 0.15) is 54.9 Å². The Labute approximate surface area is 171 Å². The number of hydrogen-bond donors (Lipinski definition) is 1. The van der Waals surface area contributed by atoms with Gasteiger partial charge in [-0.3, -0.25) is 9.59 Å². The molecule has 1 saturated heterocycles. The molecule has 1 N–H and O–H groups in total. The number of amides is 1. The van der Waals surface area contributed by atoms with Gasteiger partial charge in [0.2, 0.25) is 0 Å². The Morgan fingerprint density at radius 2 is 2.07 bits per heavy atom. The smallest absolute Gasteiger partial charge is 0.328 e. The lowest BCUT2D eigenvalue weighted by atomic mass is 9.75. The van der Waals surface area contributed by atoms with Crippen LogP contribution in [0.2, 0.25) is 0 Å². The van der Waals surface area contributed by atoms with Crippen molar-refractivity contribution in [3.63, 3.8) is 0 Å². The Morgan fingerprint density at radius 1 is 1.34 bits per heavy atom. The Kier molecular flexibility index (Phi) is 6.40. The molecule has 2 aliphatic rings. The summed E-state index contributed by atoms with van der Waals surface area (Å²) in [7, 11) is 1.32. The van der Waals surface area contributed by atoms with Gasteiger partial charge in [-0.15, -0.1) is 0 Å². The van der Waals surface area contributed by atoms with Crippen LogP contribution in [0.5, 0.6) is 0 Å². The topological polar surface area (TPSA) is 81.7 Å². The number of carbonyl (C=O) groups excluding carboxylic acids is 3. The van der Waals surface area contributed by atoms with Crippen LogP contribution in [-0.2, 0) is 25.5 Å². The van der Waals surface area contributed by atoms with E-state index in [0.29, 0.717) is 31.4 Å². The highest BCUT2D eigenvalue weighted by molar-refractivity contribution is 5.96. The maximum absolute atomic E-state index is 12.6. The van der Waals surface area contributed by atoms with Crippen LogP contribution in [0.25, 0.3) is 0 Å². The summed E-state index contributed by atoms with van der Waals surface area (Å²) in [4.78, 5) is 36.9. The monoisotopic (exact) mass is 399 g/mol. The van der Waals surface area contributed by atoms with Gasteiger partial charge in [0, 0.05) is 11.5 Å². The molecular formula is C23H29NO5. The quantitative estimate of drug-likeness (QED) is 0.536. The van der Waals surface area contributed by atoms with Crippen molar-refractivity contribution < 1.29 is 23.9 Å². The normalized spacial score (nSPS) is 24.0. The minimum Gasteiger partial charge on any atom is -0.467 e.